The van der Waals surface area contributed by atoms with E-state index in [1.807, 2.05) is 18.8 Å². The lowest BCUT2D eigenvalue weighted by atomic mass is 9.87. The molecule has 2 fully saturated rings. The summed E-state index contributed by atoms with van der Waals surface area (Å²) in [5, 5.41) is 4.10. The van der Waals surface area contributed by atoms with E-state index in [4.69, 9.17) is 4.74 Å². The predicted molar refractivity (Wildman–Crippen MR) is 78.4 cm³/mol. The maximum absolute atomic E-state index is 5.57. The molecule has 2 atom stereocenters. The zero-order chi connectivity index (χ0) is 13.0. The summed E-state index contributed by atoms with van der Waals surface area (Å²) in [7, 11) is 1.88. The van der Waals surface area contributed by atoms with Crippen LogP contribution in [-0.2, 0) is 4.74 Å². The number of hydrogen-bond donors (Lipinski definition) is 1. The van der Waals surface area contributed by atoms with Gasteiger partial charge in [0.2, 0.25) is 0 Å². The molecular formula is C13H25N3OS. The maximum atomic E-state index is 5.57. The van der Waals surface area contributed by atoms with Gasteiger partial charge in [-0.2, -0.15) is 11.8 Å². The molecular weight excluding hydrogens is 246 g/mol. The van der Waals surface area contributed by atoms with E-state index >= 15 is 0 Å². The second-order valence-electron chi connectivity index (χ2n) is 5.45. The van der Waals surface area contributed by atoms with Gasteiger partial charge in [0.1, 0.15) is 0 Å². The number of nitrogens with zero attached hydrogens (tertiary/aromatic N) is 2. The van der Waals surface area contributed by atoms with Crippen LogP contribution in [0.4, 0.5) is 0 Å². The number of thioether (sulfide) groups is 1. The summed E-state index contributed by atoms with van der Waals surface area (Å²) in [5.74, 6) is 1.06. The highest BCUT2D eigenvalue weighted by atomic mass is 32.2. The molecule has 1 spiro atoms. The minimum Gasteiger partial charge on any atom is -0.381 e. The molecule has 104 valence electrons. The summed E-state index contributed by atoms with van der Waals surface area (Å²) in [6.07, 6.45) is 4.60. The Morgan fingerprint density at radius 3 is 3.00 bits per heavy atom. The van der Waals surface area contributed by atoms with Crippen molar-refractivity contribution in [2.75, 3.05) is 46.2 Å². The molecule has 0 saturated carbocycles. The van der Waals surface area contributed by atoms with Gasteiger partial charge in [0.05, 0.1) is 6.61 Å². The van der Waals surface area contributed by atoms with E-state index in [0.717, 1.165) is 38.8 Å². The third kappa shape index (κ3) is 3.12. The van der Waals surface area contributed by atoms with Crippen LogP contribution in [0.3, 0.4) is 0 Å². The van der Waals surface area contributed by atoms with Crippen molar-refractivity contribution in [2.45, 2.75) is 25.0 Å². The Kier molecular flexibility index (Phi) is 4.78. The van der Waals surface area contributed by atoms with Crippen LogP contribution in [-0.4, -0.2) is 62.3 Å². The Hall–Kier alpha value is -0.420. The Morgan fingerprint density at radius 2 is 2.39 bits per heavy atom. The van der Waals surface area contributed by atoms with E-state index in [1.54, 1.807) is 0 Å². The van der Waals surface area contributed by atoms with Crippen LogP contribution in [0.2, 0.25) is 0 Å². The third-order valence-electron chi connectivity index (χ3n) is 4.08. The van der Waals surface area contributed by atoms with Gasteiger partial charge in [0.15, 0.2) is 5.96 Å². The lowest BCUT2D eigenvalue weighted by Gasteiger charge is -2.25. The van der Waals surface area contributed by atoms with Gasteiger partial charge >= 0.3 is 0 Å². The van der Waals surface area contributed by atoms with Gasteiger partial charge in [-0.05, 0) is 19.1 Å². The summed E-state index contributed by atoms with van der Waals surface area (Å²) >= 11 is 1.88. The zero-order valence-corrected chi connectivity index (χ0v) is 12.6. The third-order valence-corrected chi connectivity index (χ3v) is 5.06. The van der Waals surface area contributed by atoms with E-state index < -0.39 is 0 Å². The van der Waals surface area contributed by atoms with E-state index in [-0.39, 0.29) is 0 Å². The Balaban J connectivity index is 1.86. The van der Waals surface area contributed by atoms with Gasteiger partial charge in [-0.25, -0.2) is 0 Å². The molecule has 0 aromatic carbocycles. The normalized spacial score (nSPS) is 30.2. The molecule has 0 bridgehead atoms. The average molecular weight is 271 g/mol. The molecule has 1 N–H and O–H groups in total. The molecule has 4 nitrogen and oxygen atoms in total. The Morgan fingerprint density at radius 1 is 1.56 bits per heavy atom. The fourth-order valence-corrected chi connectivity index (χ4v) is 2.99. The molecule has 0 aliphatic carbocycles. The standard InChI is InChI=1S/C13H25N3OS/c1-11(18-3)8-15-12(14-2)16-6-4-13(9-16)5-7-17-10-13/h11H,4-10H2,1-3H3,(H,14,15). The number of nitrogens with one attached hydrogen (secondary N) is 1. The molecule has 0 aromatic rings. The molecule has 2 rings (SSSR count). The van der Waals surface area contributed by atoms with Crippen molar-refractivity contribution >= 4 is 17.7 Å². The molecule has 2 saturated heterocycles. The van der Waals surface area contributed by atoms with Gasteiger partial charge in [-0.3, -0.25) is 4.99 Å². The van der Waals surface area contributed by atoms with Gasteiger partial charge in [-0.1, -0.05) is 6.92 Å². The average Bonchev–Trinajstić information content (AvgIpc) is 3.01. The van der Waals surface area contributed by atoms with E-state index in [0.29, 0.717) is 10.7 Å². The SMILES string of the molecule is CN=C(NCC(C)SC)N1CCC2(CCOC2)C1. The Bertz CT molecular complexity index is 303. The summed E-state index contributed by atoms with van der Waals surface area (Å²) < 4.78 is 5.57. The number of guanidine groups is 1. The Labute approximate surface area is 115 Å². The number of likely N-dealkylation sites (tertiary alicyclic amines) is 1. The van der Waals surface area contributed by atoms with Crippen LogP contribution in [0.25, 0.3) is 0 Å². The van der Waals surface area contributed by atoms with Gasteiger partial charge in [-0.15, -0.1) is 0 Å². The first-order chi connectivity index (χ1) is 8.69. The quantitative estimate of drug-likeness (QED) is 0.622. The van der Waals surface area contributed by atoms with Crippen LogP contribution < -0.4 is 5.32 Å². The molecule has 0 amide bonds. The van der Waals surface area contributed by atoms with Gasteiger partial charge < -0.3 is 15.0 Å². The highest BCUT2D eigenvalue weighted by Crippen LogP contribution is 2.38. The highest BCUT2D eigenvalue weighted by Gasteiger charge is 2.42. The molecule has 2 heterocycles. The van der Waals surface area contributed by atoms with Gasteiger partial charge in [0.25, 0.3) is 0 Å². The van der Waals surface area contributed by atoms with Crippen LogP contribution in [0.5, 0.6) is 0 Å². The number of hydrogen-bond acceptors (Lipinski definition) is 3. The highest BCUT2D eigenvalue weighted by molar-refractivity contribution is 7.99. The maximum Gasteiger partial charge on any atom is 0.193 e. The summed E-state index contributed by atoms with van der Waals surface area (Å²) in [5.41, 5.74) is 0.405. The predicted octanol–water partition coefficient (Wildman–Crippen LogP) is 1.43. The van der Waals surface area contributed by atoms with Crippen molar-refractivity contribution in [2.24, 2.45) is 10.4 Å². The van der Waals surface area contributed by atoms with Crippen molar-refractivity contribution in [3.63, 3.8) is 0 Å². The molecule has 2 unspecified atom stereocenters. The second-order valence-corrected chi connectivity index (χ2v) is 6.72. The van der Waals surface area contributed by atoms with Crippen LogP contribution in [0.1, 0.15) is 19.8 Å². The summed E-state index contributed by atoms with van der Waals surface area (Å²) in [6, 6.07) is 0. The van der Waals surface area contributed by atoms with Gasteiger partial charge in [0, 0.05) is 44.0 Å². The smallest absolute Gasteiger partial charge is 0.193 e. The molecule has 2 aliphatic rings. The largest absolute Gasteiger partial charge is 0.381 e. The van der Waals surface area contributed by atoms with Crippen LogP contribution >= 0.6 is 11.8 Å². The molecule has 0 radical (unpaired) electrons. The first-order valence-corrected chi connectivity index (χ1v) is 8.04. The summed E-state index contributed by atoms with van der Waals surface area (Å²) in [6.45, 7) is 7.29. The number of ether oxygens (including phenoxy) is 1. The van der Waals surface area contributed by atoms with Crippen molar-refractivity contribution < 1.29 is 4.74 Å². The number of rotatable bonds is 3. The van der Waals surface area contributed by atoms with E-state index in [9.17, 15) is 0 Å². The first kappa shape index (κ1) is 14.0. The lowest BCUT2D eigenvalue weighted by molar-refractivity contribution is 0.156. The molecule has 18 heavy (non-hydrogen) atoms. The molecule has 5 heteroatoms. The topological polar surface area (TPSA) is 36.9 Å². The number of aliphatic imine (C=N–C) groups is 1. The lowest BCUT2D eigenvalue weighted by Crippen LogP contribution is -2.43. The minimum absolute atomic E-state index is 0.405. The fourth-order valence-electron chi connectivity index (χ4n) is 2.74. The van der Waals surface area contributed by atoms with Crippen LogP contribution in [0.15, 0.2) is 4.99 Å². The summed E-state index contributed by atoms with van der Waals surface area (Å²) in [4.78, 5) is 6.80. The van der Waals surface area contributed by atoms with Crippen molar-refractivity contribution in [1.29, 1.82) is 0 Å². The monoisotopic (exact) mass is 271 g/mol. The van der Waals surface area contributed by atoms with Crippen molar-refractivity contribution in [1.82, 2.24) is 10.2 Å². The van der Waals surface area contributed by atoms with Crippen molar-refractivity contribution in [3.8, 4) is 0 Å². The first-order valence-electron chi connectivity index (χ1n) is 6.75. The molecule has 2 aliphatic heterocycles. The minimum atomic E-state index is 0.405. The van der Waals surface area contributed by atoms with E-state index in [2.05, 4.69) is 28.4 Å². The zero-order valence-electron chi connectivity index (χ0n) is 11.7. The second kappa shape index (κ2) is 6.15. The van der Waals surface area contributed by atoms with E-state index in [1.165, 1.54) is 12.8 Å². The van der Waals surface area contributed by atoms with Crippen molar-refractivity contribution in [3.05, 3.63) is 0 Å². The fraction of sp³-hybridized carbons (Fsp3) is 0.923. The molecule has 0 aromatic heterocycles. The van der Waals surface area contributed by atoms with Crippen LogP contribution in [0, 0.1) is 5.41 Å².